The van der Waals surface area contributed by atoms with Crippen molar-refractivity contribution in [1.29, 1.82) is 0 Å². The van der Waals surface area contributed by atoms with Crippen molar-refractivity contribution < 1.29 is 19.0 Å². The lowest BCUT2D eigenvalue weighted by Gasteiger charge is -2.38. The van der Waals surface area contributed by atoms with Crippen LogP contribution < -0.4 is 9.47 Å². The molecular formula is C26H32FN3O3. The number of aryl methyl sites for hydroxylation is 2. The fraction of sp³-hybridized carbons (Fsp3) is 0.423. The van der Waals surface area contributed by atoms with E-state index in [0.29, 0.717) is 19.4 Å². The first kappa shape index (κ1) is 23.3. The van der Waals surface area contributed by atoms with Crippen LogP contribution in [0.15, 0.2) is 60.9 Å². The van der Waals surface area contributed by atoms with Gasteiger partial charge in [0, 0.05) is 38.6 Å². The third-order valence-corrected chi connectivity index (χ3v) is 6.19. The molecule has 3 aromatic rings. The van der Waals surface area contributed by atoms with E-state index in [1.54, 1.807) is 18.2 Å². The number of hydrogen-bond donors (Lipinski definition) is 1. The highest BCUT2D eigenvalue weighted by Gasteiger charge is 2.33. The lowest BCUT2D eigenvalue weighted by atomic mass is 9.92. The molecule has 176 valence electrons. The number of benzene rings is 2. The van der Waals surface area contributed by atoms with Gasteiger partial charge in [-0.1, -0.05) is 24.3 Å². The Morgan fingerprint density at radius 3 is 2.52 bits per heavy atom. The minimum atomic E-state index is -0.925. The summed E-state index contributed by atoms with van der Waals surface area (Å²) in [6.45, 7) is 6.03. The van der Waals surface area contributed by atoms with Gasteiger partial charge in [-0.15, -0.1) is 0 Å². The Hall–Kier alpha value is -2.90. The van der Waals surface area contributed by atoms with E-state index in [2.05, 4.69) is 26.6 Å². The van der Waals surface area contributed by atoms with Crippen LogP contribution >= 0.6 is 0 Å². The summed E-state index contributed by atoms with van der Waals surface area (Å²) < 4.78 is 27.3. The van der Waals surface area contributed by atoms with Crippen molar-refractivity contribution in [3.05, 3.63) is 78.1 Å². The Balaban J connectivity index is 1.17. The van der Waals surface area contributed by atoms with Gasteiger partial charge in [0.1, 0.15) is 23.8 Å². The number of aliphatic hydroxyl groups is 1. The summed E-state index contributed by atoms with van der Waals surface area (Å²) >= 11 is 0. The van der Waals surface area contributed by atoms with Crippen LogP contribution in [-0.2, 0) is 13.1 Å². The van der Waals surface area contributed by atoms with E-state index >= 15 is 0 Å². The van der Waals surface area contributed by atoms with Crippen LogP contribution in [0.3, 0.4) is 0 Å². The Labute approximate surface area is 194 Å². The smallest absolute Gasteiger partial charge is 0.165 e. The molecule has 0 bridgehead atoms. The maximum absolute atomic E-state index is 13.7. The van der Waals surface area contributed by atoms with Gasteiger partial charge in [0.2, 0.25) is 0 Å². The first-order valence-electron chi connectivity index (χ1n) is 11.5. The molecule has 0 radical (unpaired) electrons. The number of ether oxygens (including phenoxy) is 2. The maximum atomic E-state index is 13.7. The molecule has 1 fully saturated rings. The molecule has 0 spiro atoms. The zero-order valence-electron chi connectivity index (χ0n) is 19.1. The van der Waals surface area contributed by atoms with Crippen LogP contribution in [0.1, 0.15) is 30.7 Å². The average Bonchev–Trinajstić information content (AvgIpc) is 3.23. The van der Waals surface area contributed by atoms with Crippen molar-refractivity contribution in [2.75, 3.05) is 26.3 Å². The first-order chi connectivity index (χ1) is 16.0. The lowest BCUT2D eigenvalue weighted by molar-refractivity contribution is -0.0543. The number of nitrogens with zero attached hydrogens (tertiary/aromatic N) is 3. The second kappa shape index (κ2) is 10.8. The van der Waals surface area contributed by atoms with Gasteiger partial charge < -0.3 is 19.1 Å². The molecule has 2 heterocycles. The minimum absolute atomic E-state index is 0.105. The van der Waals surface area contributed by atoms with Crippen molar-refractivity contribution in [2.45, 2.75) is 44.9 Å². The van der Waals surface area contributed by atoms with E-state index in [1.807, 2.05) is 31.5 Å². The lowest BCUT2D eigenvalue weighted by Crippen LogP contribution is -2.47. The zero-order valence-corrected chi connectivity index (χ0v) is 19.1. The quantitative estimate of drug-likeness (QED) is 0.466. The van der Waals surface area contributed by atoms with Gasteiger partial charge in [0.25, 0.3) is 0 Å². The van der Waals surface area contributed by atoms with Crippen molar-refractivity contribution in [3.63, 3.8) is 0 Å². The summed E-state index contributed by atoms with van der Waals surface area (Å²) in [4.78, 5) is 6.55. The highest BCUT2D eigenvalue weighted by atomic mass is 19.1. The molecule has 1 saturated heterocycles. The van der Waals surface area contributed by atoms with E-state index in [1.165, 1.54) is 11.6 Å². The van der Waals surface area contributed by atoms with Gasteiger partial charge in [0.15, 0.2) is 11.6 Å². The molecule has 33 heavy (non-hydrogen) atoms. The molecule has 6 nitrogen and oxygen atoms in total. The maximum Gasteiger partial charge on any atom is 0.165 e. The molecule has 7 heteroatoms. The largest absolute Gasteiger partial charge is 0.494 e. The van der Waals surface area contributed by atoms with Crippen LogP contribution in [0.2, 0.25) is 0 Å². The Morgan fingerprint density at radius 1 is 1.06 bits per heavy atom. The average molecular weight is 454 g/mol. The van der Waals surface area contributed by atoms with Crippen LogP contribution in [0, 0.1) is 12.7 Å². The summed E-state index contributed by atoms with van der Waals surface area (Å²) in [6.07, 6.45) is 5.92. The molecule has 0 amide bonds. The third kappa shape index (κ3) is 6.55. The first-order valence-corrected chi connectivity index (χ1v) is 11.5. The summed E-state index contributed by atoms with van der Waals surface area (Å²) in [5.41, 5.74) is 0.288. The number of hydrogen-bond acceptors (Lipinski definition) is 5. The fourth-order valence-electron chi connectivity index (χ4n) is 4.06. The summed E-state index contributed by atoms with van der Waals surface area (Å²) in [6, 6.07) is 14.5. The SMILES string of the molecule is Cc1nccn1CCCOc1ccc(CN2CCC(O)(COc3ccccc3F)CC2)cc1. The molecule has 1 N–H and O–H groups in total. The number of likely N-dealkylation sites (tertiary alicyclic amines) is 1. The number of rotatable bonds is 10. The number of piperidine rings is 1. The van der Waals surface area contributed by atoms with E-state index in [4.69, 9.17) is 9.47 Å². The monoisotopic (exact) mass is 453 g/mol. The van der Waals surface area contributed by atoms with Crippen molar-refractivity contribution >= 4 is 0 Å². The number of imidazole rings is 1. The molecule has 0 atom stereocenters. The fourth-order valence-corrected chi connectivity index (χ4v) is 4.06. The third-order valence-electron chi connectivity index (χ3n) is 6.19. The summed E-state index contributed by atoms with van der Waals surface area (Å²) in [7, 11) is 0. The highest BCUT2D eigenvalue weighted by Crippen LogP contribution is 2.26. The van der Waals surface area contributed by atoms with Gasteiger partial charge in [-0.05, 0) is 56.0 Å². The predicted octanol–water partition coefficient (Wildman–Crippen LogP) is 4.21. The number of para-hydroxylation sites is 1. The van der Waals surface area contributed by atoms with E-state index in [0.717, 1.165) is 44.2 Å². The van der Waals surface area contributed by atoms with Crippen LogP contribution in [-0.4, -0.2) is 51.5 Å². The summed E-state index contributed by atoms with van der Waals surface area (Å²) in [5, 5.41) is 10.8. The van der Waals surface area contributed by atoms with Crippen LogP contribution in [0.4, 0.5) is 4.39 Å². The molecule has 2 aromatic carbocycles. The molecule has 0 saturated carbocycles. The highest BCUT2D eigenvalue weighted by molar-refractivity contribution is 5.27. The second-order valence-corrected chi connectivity index (χ2v) is 8.73. The standard InChI is InChI=1S/C26H32FN3O3/c1-21-28-13-17-30(21)14-4-18-32-23-9-7-22(8-10-23)19-29-15-11-26(31,12-16-29)20-33-25-6-3-2-5-24(25)27/h2-3,5-10,13,17,31H,4,11-12,14-16,18-20H2,1H3. The Morgan fingerprint density at radius 2 is 1.82 bits per heavy atom. The second-order valence-electron chi connectivity index (χ2n) is 8.73. The Bertz CT molecular complexity index is 1010. The van der Waals surface area contributed by atoms with Crippen molar-refractivity contribution in [3.8, 4) is 11.5 Å². The van der Waals surface area contributed by atoms with Gasteiger partial charge in [-0.3, -0.25) is 4.90 Å². The van der Waals surface area contributed by atoms with Crippen LogP contribution in [0.5, 0.6) is 11.5 Å². The topological polar surface area (TPSA) is 59.8 Å². The molecular weight excluding hydrogens is 421 g/mol. The molecule has 0 unspecified atom stereocenters. The molecule has 4 rings (SSSR count). The molecule has 0 aliphatic carbocycles. The Kier molecular flexibility index (Phi) is 7.62. The van der Waals surface area contributed by atoms with Crippen molar-refractivity contribution in [2.24, 2.45) is 0 Å². The van der Waals surface area contributed by atoms with Gasteiger partial charge in [0.05, 0.1) is 6.61 Å². The van der Waals surface area contributed by atoms with Gasteiger partial charge in [-0.2, -0.15) is 0 Å². The molecule has 1 aliphatic heterocycles. The summed E-state index contributed by atoms with van der Waals surface area (Å²) in [5.74, 6) is 1.68. The van der Waals surface area contributed by atoms with E-state index < -0.39 is 11.4 Å². The van der Waals surface area contributed by atoms with Gasteiger partial charge in [-0.25, -0.2) is 9.37 Å². The van der Waals surface area contributed by atoms with Crippen LogP contribution in [0.25, 0.3) is 0 Å². The minimum Gasteiger partial charge on any atom is -0.494 e. The van der Waals surface area contributed by atoms with E-state index in [9.17, 15) is 9.50 Å². The van der Waals surface area contributed by atoms with Crippen molar-refractivity contribution in [1.82, 2.24) is 14.5 Å². The number of halogens is 1. The predicted molar refractivity (Wildman–Crippen MR) is 125 cm³/mol. The molecule has 1 aromatic heterocycles. The van der Waals surface area contributed by atoms with Gasteiger partial charge >= 0.3 is 0 Å². The normalized spacial score (nSPS) is 16.0. The zero-order chi connectivity index (χ0) is 23.1. The molecule has 1 aliphatic rings. The van der Waals surface area contributed by atoms with E-state index in [-0.39, 0.29) is 12.4 Å². The number of aromatic nitrogens is 2.